The Morgan fingerprint density at radius 2 is 1.47 bits per heavy atom. The molecule has 2 aliphatic heterocycles. The van der Waals surface area contributed by atoms with Crippen LogP contribution in [-0.4, -0.2) is 101 Å². The first kappa shape index (κ1) is 34.6. The van der Waals surface area contributed by atoms with E-state index in [9.17, 15) is 19.2 Å². The van der Waals surface area contributed by atoms with Gasteiger partial charge in [-0.05, 0) is 80.1 Å². The molecule has 5 aromatic rings. The van der Waals surface area contributed by atoms with Crippen LogP contribution in [0.4, 0.5) is 9.59 Å². The number of nitrogens with zero attached hydrogens (tertiary/aromatic N) is 4. The SMILES string of the molecule is COC(=O)NCC(=O)N1CCC[C@H]1c1ncc(-c2cc3c(C)c4sc(-c5cnc([C@@H]6CCCN6CC(C=O)NC(=O)OC)[nH]5)cc4c(C)c3s2)[nH]1. The van der Waals surface area contributed by atoms with Crippen molar-refractivity contribution in [1.29, 1.82) is 0 Å². The zero-order valence-electron chi connectivity index (χ0n) is 28.8. The highest BCUT2D eigenvalue weighted by Crippen LogP contribution is 2.45. The van der Waals surface area contributed by atoms with E-state index in [1.54, 1.807) is 27.6 Å². The average Bonchev–Trinajstić information content (AvgIpc) is 3.97. The molecule has 3 atom stereocenters. The first-order valence-electron chi connectivity index (χ1n) is 16.9. The van der Waals surface area contributed by atoms with Crippen LogP contribution in [0.2, 0.25) is 0 Å². The number of rotatable bonds is 10. The normalized spacial score (nSPS) is 18.4. The number of aromatic nitrogens is 4. The Hall–Kier alpha value is -4.80. The number of fused-ring (bicyclic) bond motifs is 2. The van der Waals surface area contributed by atoms with Crippen LogP contribution in [0.1, 0.15) is 60.5 Å². The van der Waals surface area contributed by atoms with Gasteiger partial charge in [0.15, 0.2) is 0 Å². The second-order valence-electron chi connectivity index (χ2n) is 12.9. The molecule has 16 heteroatoms. The minimum absolute atomic E-state index is 0.0195. The van der Waals surface area contributed by atoms with Gasteiger partial charge in [-0.1, -0.05) is 0 Å². The summed E-state index contributed by atoms with van der Waals surface area (Å²) < 4.78 is 11.7. The van der Waals surface area contributed by atoms with Crippen molar-refractivity contribution in [3.05, 3.63) is 47.3 Å². The van der Waals surface area contributed by atoms with Crippen molar-refractivity contribution in [2.75, 3.05) is 40.4 Å². The van der Waals surface area contributed by atoms with Gasteiger partial charge in [-0.3, -0.25) is 9.69 Å². The van der Waals surface area contributed by atoms with E-state index in [4.69, 9.17) is 4.98 Å². The first-order chi connectivity index (χ1) is 24.7. The summed E-state index contributed by atoms with van der Waals surface area (Å²) in [6, 6.07) is 3.64. The number of likely N-dealkylation sites (tertiary alicyclic amines) is 2. The predicted octanol–water partition coefficient (Wildman–Crippen LogP) is 5.59. The van der Waals surface area contributed by atoms with E-state index in [1.807, 2.05) is 12.4 Å². The molecule has 6 heterocycles. The standard InChI is InChI=1S/C35H40N8O6S2/c1-18-21-11-27(23-13-36-32(40-23)25-7-5-9-42(25)16-20(17-44)39-35(47)49-4)50-30(21)19(2)22-12-28(51-31(18)22)24-14-37-33(41-24)26-8-6-10-43(26)29(45)15-38-34(46)48-3/h11-14,17,20,25-26H,5-10,15-16H2,1-4H3,(H,36,40)(H,37,41)(H,38,46)(H,39,47)/t20?,25-,26-/m0/s1. The molecule has 2 aliphatic rings. The fraction of sp³-hybridized carbons (Fsp3) is 0.429. The van der Waals surface area contributed by atoms with E-state index in [0.29, 0.717) is 13.1 Å². The number of aryl methyl sites for hydroxylation is 2. The van der Waals surface area contributed by atoms with Gasteiger partial charge in [-0.2, -0.15) is 0 Å². The van der Waals surface area contributed by atoms with Crippen molar-refractivity contribution in [1.82, 2.24) is 40.4 Å². The molecule has 1 unspecified atom stereocenters. The molecule has 0 aliphatic carbocycles. The largest absolute Gasteiger partial charge is 0.453 e. The van der Waals surface area contributed by atoms with E-state index < -0.39 is 18.2 Å². The number of thiophene rings is 2. The van der Waals surface area contributed by atoms with Gasteiger partial charge in [-0.25, -0.2) is 19.6 Å². The Morgan fingerprint density at radius 3 is 2.06 bits per heavy atom. The molecule has 0 saturated carbocycles. The molecule has 1 aromatic carbocycles. The second kappa shape index (κ2) is 14.4. The van der Waals surface area contributed by atoms with Crippen molar-refractivity contribution in [2.24, 2.45) is 0 Å². The highest BCUT2D eigenvalue weighted by Gasteiger charge is 2.33. The maximum absolute atomic E-state index is 12.9. The van der Waals surface area contributed by atoms with Crippen molar-refractivity contribution < 1.29 is 28.7 Å². The summed E-state index contributed by atoms with van der Waals surface area (Å²) in [6.45, 7) is 6.02. The summed E-state index contributed by atoms with van der Waals surface area (Å²) in [4.78, 5) is 70.3. The molecule has 0 spiro atoms. The minimum Gasteiger partial charge on any atom is -0.453 e. The summed E-state index contributed by atoms with van der Waals surface area (Å²) in [7, 11) is 2.55. The molecule has 14 nitrogen and oxygen atoms in total. The molecule has 4 aromatic heterocycles. The van der Waals surface area contributed by atoms with Gasteiger partial charge in [-0.15, -0.1) is 22.7 Å². The molecule has 7 rings (SSSR count). The smallest absolute Gasteiger partial charge is 0.407 e. The Morgan fingerprint density at radius 1 is 0.902 bits per heavy atom. The molecular weight excluding hydrogens is 693 g/mol. The highest BCUT2D eigenvalue weighted by molar-refractivity contribution is 7.24. The van der Waals surface area contributed by atoms with Gasteiger partial charge < -0.3 is 39.8 Å². The molecule has 0 radical (unpaired) electrons. The number of carbonyl (C=O) groups excluding carboxylic acids is 4. The third-order valence-electron chi connectivity index (χ3n) is 9.90. The number of ether oxygens (including phenoxy) is 2. The number of aldehydes is 1. The zero-order valence-corrected chi connectivity index (χ0v) is 30.5. The number of benzene rings is 1. The van der Waals surface area contributed by atoms with Gasteiger partial charge in [0.2, 0.25) is 5.91 Å². The van der Waals surface area contributed by atoms with E-state index in [0.717, 1.165) is 71.3 Å². The number of hydrogen-bond acceptors (Lipinski definition) is 11. The lowest BCUT2D eigenvalue weighted by molar-refractivity contribution is -0.131. The lowest BCUT2D eigenvalue weighted by Gasteiger charge is -2.25. The number of alkyl carbamates (subject to hydrolysis) is 2. The summed E-state index contributed by atoms with van der Waals surface area (Å²) in [5, 5.41) is 7.48. The molecular formula is C35H40N8O6S2. The fourth-order valence-corrected chi connectivity index (χ4v) is 9.67. The van der Waals surface area contributed by atoms with Crippen LogP contribution < -0.4 is 10.6 Å². The lowest BCUT2D eigenvalue weighted by Crippen LogP contribution is -2.44. The number of imidazole rings is 2. The fourth-order valence-electron chi connectivity index (χ4n) is 7.28. The number of hydrogen-bond donors (Lipinski definition) is 4. The summed E-state index contributed by atoms with van der Waals surface area (Å²) >= 11 is 3.47. The maximum atomic E-state index is 12.9. The van der Waals surface area contributed by atoms with Crippen LogP contribution in [-0.2, 0) is 19.1 Å². The number of carbonyl (C=O) groups is 4. The predicted molar refractivity (Wildman–Crippen MR) is 195 cm³/mol. The number of methoxy groups -OCH3 is 2. The van der Waals surface area contributed by atoms with E-state index in [2.05, 4.69) is 65.9 Å². The number of aromatic amines is 2. The van der Waals surface area contributed by atoms with Crippen LogP contribution in [0, 0.1) is 13.8 Å². The van der Waals surface area contributed by atoms with Crippen molar-refractivity contribution in [3.63, 3.8) is 0 Å². The quantitative estimate of drug-likeness (QED) is 0.133. The van der Waals surface area contributed by atoms with Gasteiger partial charge in [0.25, 0.3) is 0 Å². The van der Waals surface area contributed by atoms with Crippen LogP contribution in [0.25, 0.3) is 41.3 Å². The summed E-state index contributed by atoms with van der Waals surface area (Å²) in [5.41, 5.74) is 4.29. The van der Waals surface area contributed by atoms with Gasteiger partial charge >= 0.3 is 12.2 Å². The topological polar surface area (TPSA) is 175 Å². The Labute approximate surface area is 301 Å². The molecule has 0 bridgehead atoms. The van der Waals surface area contributed by atoms with Gasteiger partial charge in [0, 0.05) is 22.5 Å². The van der Waals surface area contributed by atoms with Crippen LogP contribution in [0.5, 0.6) is 0 Å². The lowest BCUT2D eigenvalue weighted by atomic mass is 10.0. The number of amides is 3. The van der Waals surface area contributed by atoms with E-state index in [-0.39, 0.29) is 24.5 Å². The van der Waals surface area contributed by atoms with Crippen LogP contribution >= 0.6 is 22.7 Å². The second-order valence-corrected chi connectivity index (χ2v) is 15.0. The molecule has 4 N–H and O–H groups in total. The van der Waals surface area contributed by atoms with Crippen molar-refractivity contribution >= 4 is 67.2 Å². The Kier molecular flexibility index (Phi) is 9.81. The van der Waals surface area contributed by atoms with Gasteiger partial charge in [0.1, 0.15) is 30.5 Å². The maximum Gasteiger partial charge on any atom is 0.407 e. The third kappa shape index (κ3) is 6.70. The number of nitrogens with one attached hydrogen (secondary N) is 4. The van der Waals surface area contributed by atoms with Gasteiger partial charge in [0.05, 0.1) is 59.8 Å². The third-order valence-corrected chi connectivity index (χ3v) is 12.5. The minimum atomic E-state index is -0.665. The molecule has 51 heavy (non-hydrogen) atoms. The Balaban J connectivity index is 1.10. The zero-order chi connectivity index (χ0) is 35.8. The van der Waals surface area contributed by atoms with Crippen LogP contribution in [0.15, 0.2) is 24.5 Å². The first-order valence-corrected chi connectivity index (χ1v) is 18.5. The molecule has 2 saturated heterocycles. The highest BCUT2D eigenvalue weighted by atomic mass is 32.1. The number of H-pyrrole nitrogens is 2. The van der Waals surface area contributed by atoms with Crippen molar-refractivity contribution in [3.8, 4) is 21.1 Å². The Bertz CT molecular complexity index is 2060. The van der Waals surface area contributed by atoms with Crippen LogP contribution in [0.3, 0.4) is 0 Å². The average molecular weight is 733 g/mol. The summed E-state index contributed by atoms with van der Waals surface area (Å²) in [6.07, 6.45) is 6.75. The summed E-state index contributed by atoms with van der Waals surface area (Å²) in [5.74, 6) is 1.42. The van der Waals surface area contributed by atoms with E-state index in [1.165, 1.54) is 45.5 Å². The van der Waals surface area contributed by atoms with Crippen molar-refractivity contribution in [2.45, 2.75) is 57.7 Å². The molecule has 2 fully saturated rings. The van der Waals surface area contributed by atoms with E-state index >= 15 is 0 Å². The molecule has 268 valence electrons. The molecule has 3 amide bonds. The monoisotopic (exact) mass is 732 g/mol.